The Morgan fingerprint density at radius 1 is 0.367 bits per heavy atom. The van der Waals surface area contributed by atoms with Gasteiger partial charge in [0.15, 0.2) is 0 Å². The second-order valence-corrected chi connectivity index (χ2v) is 16.7. The van der Waals surface area contributed by atoms with Gasteiger partial charge in [-0.25, -0.2) is 0 Å². The summed E-state index contributed by atoms with van der Waals surface area (Å²) in [6.07, 6.45) is 0. The topological polar surface area (TPSA) is 8.17 Å². The highest BCUT2D eigenvalue weighted by Crippen LogP contribution is 2.50. The second kappa shape index (κ2) is 14.1. The van der Waals surface area contributed by atoms with Crippen molar-refractivity contribution in [2.45, 2.75) is 26.2 Å². The molecule has 0 saturated heterocycles. The van der Waals surface area contributed by atoms with E-state index in [1.807, 2.05) is 0 Å². The van der Waals surface area contributed by atoms with Gasteiger partial charge in [0.25, 0.3) is 0 Å². The van der Waals surface area contributed by atoms with Gasteiger partial charge >= 0.3 is 0 Å². The first-order chi connectivity index (χ1) is 29.4. The van der Waals surface area contributed by atoms with Crippen molar-refractivity contribution in [1.82, 2.24) is 4.57 Å². The van der Waals surface area contributed by atoms with E-state index < -0.39 is 0 Å². The smallest absolute Gasteiger partial charge is 0.0542 e. The molecule has 2 nitrogen and oxygen atoms in total. The van der Waals surface area contributed by atoms with Gasteiger partial charge in [-0.1, -0.05) is 159 Å². The Balaban J connectivity index is 1.02. The summed E-state index contributed by atoms with van der Waals surface area (Å²) in [5, 5.41) is 2.47. The van der Waals surface area contributed by atoms with Gasteiger partial charge in [0.2, 0.25) is 0 Å². The standard InChI is InChI=1S/C58H44N2/c1-39-18-34-56-52(36-39)53-38-49(32-35-57(53)60(56)48-30-21-43(22-31-48)41-14-8-5-9-15-41)59(46-26-19-42(20-27-46)40-12-6-4-7-13-40)47-28-23-44(24-29-47)45-25-33-51-50-16-10-11-17-54(50)58(2,3)55(51)37-45/h4-38H,1-3H3. The normalized spacial score (nSPS) is 12.7. The van der Waals surface area contributed by atoms with Gasteiger partial charge in [-0.3, -0.25) is 0 Å². The highest BCUT2D eigenvalue weighted by atomic mass is 15.1. The first-order valence-electron chi connectivity index (χ1n) is 20.9. The third-order valence-electron chi connectivity index (χ3n) is 12.7. The summed E-state index contributed by atoms with van der Waals surface area (Å²) in [4.78, 5) is 2.40. The lowest BCUT2D eigenvalue weighted by atomic mass is 9.81. The van der Waals surface area contributed by atoms with Crippen LogP contribution in [0.5, 0.6) is 0 Å². The summed E-state index contributed by atoms with van der Waals surface area (Å²) < 4.78 is 2.41. The Bertz CT molecular complexity index is 3190. The number of hydrogen-bond donors (Lipinski definition) is 0. The molecule has 11 rings (SSSR count). The van der Waals surface area contributed by atoms with Crippen molar-refractivity contribution in [2.75, 3.05) is 4.90 Å². The summed E-state index contributed by atoms with van der Waals surface area (Å²) >= 11 is 0. The number of anilines is 3. The summed E-state index contributed by atoms with van der Waals surface area (Å²) in [5.74, 6) is 0. The molecule has 1 aliphatic carbocycles. The molecule has 0 saturated carbocycles. The third-order valence-corrected chi connectivity index (χ3v) is 12.7. The molecule has 0 fully saturated rings. The highest BCUT2D eigenvalue weighted by molar-refractivity contribution is 6.11. The van der Waals surface area contributed by atoms with E-state index in [1.54, 1.807) is 0 Å². The molecule has 1 heterocycles. The van der Waals surface area contributed by atoms with Crippen LogP contribution in [0.4, 0.5) is 17.1 Å². The quantitative estimate of drug-likeness (QED) is 0.157. The van der Waals surface area contributed by atoms with Crippen LogP contribution in [0.2, 0.25) is 0 Å². The minimum Gasteiger partial charge on any atom is -0.310 e. The number of rotatable bonds is 7. The molecule has 10 aromatic rings. The van der Waals surface area contributed by atoms with Crippen LogP contribution in [-0.4, -0.2) is 4.57 Å². The maximum atomic E-state index is 2.41. The Kier molecular flexibility index (Phi) is 8.42. The predicted molar refractivity (Wildman–Crippen MR) is 254 cm³/mol. The minimum absolute atomic E-state index is 0.0451. The van der Waals surface area contributed by atoms with Gasteiger partial charge in [-0.15, -0.1) is 0 Å². The van der Waals surface area contributed by atoms with Crippen molar-refractivity contribution < 1.29 is 0 Å². The van der Waals surface area contributed by atoms with E-state index in [2.05, 4.69) is 243 Å². The van der Waals surface area contributed by atoms with Crippen LogP contribution in [0.1, 0.15) is 30.5 Å². The third kappa shape index (κ3) is 5.95. The molecule has 0 radical (unpaired) electrons. The van der Waals surface area contributed by atoms with Crippen LogP contribution >= 0.6 is 0 Å². The molecular formula is C58H44N2. The zero-order valence-corrected chi connectivity index (χ0v) is 34.1. The van der Waals surface area contributed by atoms with Crippen molar-refractivity contribution >= 4 is 38.9 Å². The van der Waals surface area contributed by atoms with E-state index >= 15 is 0 Å². The van der Waals surface area contributed by atoms with Crippen LogP contribution < -0.4 is 4.90 Å². The van der Waals surface area contributed by atoms with Gasteiger partial charge in [0.1, 0.15) is 0 Å². The van der Waals surface area contributed by atoms with Crippen LogP contribution in [0, 0.1) is 6.92 Å². The van der Waals surface area contributed by atoms with E-state index in [0.717, 1.165) is 22.7 Å². The first kappa shape index (κ1) is 35.7. The molecule has 9 aromatic carbocycles. The van der Waals surface area contributed by atoms with E-state index in [4.69, 9.17) is 0 Å². The summed E-state index contributed by atoms with van der Waals surface area (Å²) in [7, 11) is 0. The SMILES string of the molecule is Cc1ccc2c(c1)c1cc(N(c3ccc(-c4ccccc4)cc3)c3ccc(-c4ccc5c(c4)C(C)(C)c4ccccc4-5)cc3)ccc1n2-c1ccc(-c2ccccc2)cc1. The maximum Gasteiger partial charge on any atom is 0.0542 e. The van der Waals surface area contributed by atoms with E-state index in [9.17, 15) is 0 Å². The van der Waals surface area contributed by atoms with Crippen molar-refractivity contribution in [1.29, 1.82) is 0 Å². The molecular weight excluding hydrogens is 725 g/mol. The monoisotopic (exact) mass is 768 g/mol. The number of hydrogen-bond acceptors (Lipinski definition) is 1. The van der Waals surface area contributed by atoms with Crippen LogP contribution in [0.15, 0.2) is 212 Å². The molecule has 0 N–H and O–H groups in total. The molecule has 1 aliphatic rings. The molecule has 0 spiro atoms. The highest BCUT2D eigenvalue weighted by Gasteiger charge is 2.35. The number of aryl methyl sites for hydroxylation is 1. The average molecular weight is 769 g/mol. The van der Waals surface area contributed by atoms with Gasteiger partial charge in [0, 0.05) is 38.9 Å². The molecule has 0 aliphatic heterocycles. The number of fused-ring (bicyclic) bond motifs is 6. The lowest BCUT2D eigenvalue weighted by Crippen LogP contribution is -2.14. The van der Waals surface area contributed by atoms with Crippen molar-refractivity contribution in [3.05, 3.63) is 229 Å². The molecule has 2 heteroatoms. The second-order valence-electron chi connectivity index (χ2n) is 16.7. The number of benzene rings is 9. The molecule has 0 bridgehead atoms. The number of aromatic nitrogens is 1. The Hall–Kier alpha value is -7.42. The van der Waals surface area contributed by atoms with Crippen molar-refractivity contribution in [2.24, 2.45) is 0 Å². The van der Waals surface area contributed by atoms with E-state index in [1.165, 1.54) is 83.0 Å². The minimum atomic E-state index is -0.0451. The molecule has 0 unspecified atom stereocenters. The van der Waals surface area contributed by atoms with Gasteiger partial charge in [-0.2, -0.15) is 0 Å². The average Bonchev–Trinajstić information content (AvgIpc) is 3.74. The van der Waals surface area contributed by atoms with E-state index in [0.29, 0.717) is 0 Å². The van der Waals surface area contributed by atoms with Gasteiger partial charge < -0.3 is 9.47 Å². The Labute approximate surface area is 352 Å². The van der Waals surface area contributed by atoms with E-state index in [-0.39, 0.29) is 5.41 Å². The molecule has 1 aromatic heterocycles. The largest absolute Gasteiger partial charge is 0.310 e. The molecule has 0 amide bonds. The fraction of sp³-hybridized carbons (Fsp3) is 0.0690. The van der Waals surface area contributed by atoms with Crippen LogP contribution in [0.3, 0.4) is 0 Å². The van der Waals surface area contributed by atoms with Crippen molar-refractivity contribution in [3.8, 4) is 50.2 Å². The fourth-order valence-corrected chi connectivity index (χ4v) is 9.54. The lowest BCUT2D eigenvalue weighted by molar-refractivity contribution is 0.660. The Morgan fingerprint density at radius 3 is 1.47 bits per heavy atom. The first-order valence-corrected chi connectivity index (χ1v) is 20.9. The van der Waals surface area contributed by atoms with Crippen molar-refractivity contribution in [3.63, 3.8) is 0 Å². The van der Waals surface area contributed by atoms with Crippen LogP contribution in [0.25, 0.3) is 72.0 Å². The predicted octanol–water partition coefficient (Wildman–Crippen LogP) is 15.9. The van der Waals surface area contributed by atoms with Gasteiger partial charge in [0.05, 0.1) is 11.0 Å². The fourth-order valence-electron chi connectivity index (χ4n) is 9.54. The summed E-state index contributed by atoms with van der Waals surface area (Å²) in [6, 6.07) is 77.9. The zero-order valence-electron chi connectivity index (χ0n) is 34.1. The molecule has 0 atom stereocenters. The number of nitrogens with zero attached hydrogens (tertiary/aromatic N) is 2. The zero-order chi connectivity index (χ0) is 40.4. The molecule has 286 valence electrons. The van der Waals surface area contributed by atoms with Crippen LogP contribution in [-0.2, 0) is 5.41 Å². The lowest BCUT2D eigenvalue weighted by Gasteiger charge is -2.26. The summed E-state index contributed by atoms with van der Waals surface area (Å²) in [6.45, 7) is 6.88. The summed E-state index contributed by atoms with van der Waals surface area (Å²) in [5.41, 5.74) is 20.8. The Morgan fingerprint density at radius 2 is 0.833 bits per heavy atom. The maximum absolute atomic E-state index is 2.41. The van der Waals surface area contributed by atoms with Gasteiger partial charge in [-0.05, 0) is 135 Å². The molecule has 60 heavy (non-hydrogen) atoms.